The number of rotatable bonds is 1. The monoisotopic (exact) mass is 242 g/mol. The predicted molar refractivity (Wildman–Crippen MR) is 71.1 cm³/mol. The molecule has 0 aliphatic rings. The van der Waals surface area contributed by atoms with Crippen molar-refractivity contribution in [1.82, 2.24) is 4.98 Å². The molecule has 0 bridgehead atoms. The van der Waals surface area contributed by atoms with Gasteiger partial charge in [-0.15, -0.1) is 0 Å². The molecule has 84 valence electrons. The molecule has 0 saturated heterocycles. The number of phenolic OH excluding ortho intramolecular Hbond substituents is 1. The lowest BCUT2D eigenvalue weighted by Gasteiger charge is -2.03. The molecule has 3 N–H and O–H groups in total. The Morgan fingerprint density at radius 3 is 2.59 bits per heavy atom. The van der Waals surface area contributed by atoms with E-state index in [1.807, 2.05) is 36.4 Å². The molecule has 17 heavy (non-hydrogen) atoms. The van der Waals surface area contributed by atoms with Gasteiger partial charge in [-0.25, -0.2) is 4.98 Å². The van der Waals surface area contributed by atoms with Crippen LogP contribution in [0.2, 0.25) is 0 Å². The van der Waals surface area contributed by atoms with Gasteiger partial charge in [0.05, 0.1) is 4.70 Å². The molecule has 0 radical (unpaired) electrons. The van der Waals surface area contributed by atoms with E-state index in [1.165, 1.54) is 11.3 Å². The molecule has 2 aromatic carbocycles. The Morgan fingerprint density at radius 2 is 1.82 bits per heavy atom. The first-order valence-electron chi connectivity index (χ1n) is 5.19. The van der Waals surface area contributed by atoms with Crippen molar-refractivity contribution < 1.29 is 5.11 Å². The summed E-state index contributed by atoms with van der Waals surface area (Å²) < 4.78 is 0.925. The molecular weight excluding hydrogens is 232 g/mol. The van der Waals surface area contributed by atoms with E-state index < -0.39 is 0 Å². The quantitative estimate of drug-likeness (QED) is 0.688. The zero-order valence-electron chi connectivity index (χ0n) is 8.92. The lowest BCUT2D eigenvalue weighted by molar-refractivity contribution is 0.480. The smallest absolute Gasteiger partial charge is 0.181 e. The fraction of sp³-hybridized carbons (Fsp3) is 0. The zero-order valence-corrected chi connectivity index (χ0v) is 9.74. The summed E-state index contributed by atoms with van der Waals surface area (Å²) in [5, 5.41) is 10.2. The third-order valence-corrected chi connectivity index (χ3v) is 3.54. The number of aromatic hydroxyl groups is 1. The molecule has 0 aliphatic heterocycles. The van der Waals surface area contributed by atoms with Gasteiger partial charge in [0.2, 0.25) is 0 Å². The van der Waals surface area contributed by atoms with Gasteiger partial charge in [0.1, 0.15) is 11.3 Å². The molecule has 1 heterocycles. The maximum Gasteiger partial charge on any atom is 0.181 e. The second-order valence-corrected chi connectivity index (χ2v) is 4.76. The molecule has 0 aliphatic carbocycles. The van der Waals surface area contributed by atoms with E-state index in [4.69, 9.17) is 5.73 Å². The topological polar surface area (TPSA) is 59.1 Å². The van der Waals surface area contributed by atoms with E-state index in [0.717, 1.165) is 15.8 Å². The van der Waals surface area contributed by atoms with Gasteiger partial charge in [-0.05, 0) is 17.7 Å². The van der Waals surface area contributed by atoms with Crippen molar-refractivity contribution in [2.45, 2.75) is 0 Å². The van der Waals surface area contributed by atoms with Crippen LogP contribution in [-0.2, 0) is 0 Å². The number of hydrogen-bond acceptors (Lipinski definition) is 4. The average molecular weight is 242 g/mol. The standard InChI is InChI=1S/C13H10N2OS/c14-13-15-11-10(16)7-6-9(12(11)17-13)8-4-2-1-3-5-8/h1-7,16H,(H2,14,15). The Hall–Kier alpha value is -2.07. The van der Waals surface area contributed by atoms with Crippen LogP contribution in [0.25, 0.3) is 21.3 Å². The number of nitrogen functional groups attached to an aromatic ring is 1. The molecule has 1 aromatic heterocycles. The molecule has 3 aromatic rings. The Balaban J connectivity index is 2.34. The molecule has 0 fully saturated rings. The van der Waals surface area contributed by atoms with Crippen LogP contribution in [0.5, 0.6) is 5.75 Å². The highest BCUT2D eigenvalue weighted by atomic mass is 32.1. The van der Waals surface area contributed by atoms with Crippen LogP contribution in [0.15, 0.2) is 42.5 Å². The van der Waals surface area contributed by atoms with Crippen molar-refractivity contribution in [1.29, 1.82) is 0 Å². The maximum absolute atomic E-state index is 9.74. The normalized spacial score (nSPS) is 10.8. The van der Waals surface area contributed by atoms with Gasteiger partial charge in [0.25, 0.3) is 0 Å². The fourth-order valence-corrected chi connectivity index (χ4v) is 2.74. The molecule has 4 heteroatoms. The number of thiazole rings is 1. The van der Waals surface area contributed by atoms with Crippen molar-refractivity contribution in [3.63, 3.8) is 0 Å². The summed E-state index contributed by atoms with van der Waals surface area (Å²) in [5.41, 5.74) is 8.43. The first-order chi connectivity index (χ1) is 8.25. The Morgan fingerprint density at radius 1 is 1.06 bits per heavy atom. The summed E-state index contributed by atoms with van der Waals surface area (Å²) in [6, 6.07) is 13.6. The van der Waals surface area contributed by atoms with E-state index in [2.05, 4.69) is 4.98 Å². The largest absolute Gasteiger partial charge is 0.506 e. The molecule has 0 spiro atoms. The number of anilines is 1. The van der Waals surface area contributed by atoms with Crippen molar-refractivity contribution in [3.8, 4) is 16.9 Å². The van der Waals surface area contributed by atoms with Crippen LogP contribution in [0.3, 0.4) is 0 Å². The third-order valence-electron chi connectivity index (χ3n) is 2.62. The molecule has 0 amide bonds. The summed E-state index contributed by atoms with van der Waals surface area (Å²) in [7, 11) is 0. The molecule has 3 nitrogen and oxygen atoms in total. The second kappa shape index (κ2) is 3.75. The Kier molecular flexibility index (Phi) is 2.23. The number of benzene rings is 2. The third kappa shape index (κ3) is 1.62. The first kappa shape index (κ1) is 10.1. The van der Waals surface area contributed by atoms with Crippen molar-refractivity contribution in [3.05, 3.63) is 42.5 Å². The van der Waals surface area contributed by atoms with Crippen LogP contribution >= 0.6 is 11.3 Å². The zero-order chi connectivity index (χ0) is 11.8. The summed E-state index contributed by atoms with van der Waals surface area (Å²) in [6.07, 6.45) is 0. The van der Waals surface area contributed by atoms with Crippen molar-refractivity contribution >= 4 is 26.7 Å². The Bertz CT molecular complexity index is 676. The van der Waals surface area contributed by atoms with Gasteiger partial charge >= 0.3 is 0 Å². The van der Waals surface area contributed by atoms with E-state index in [9.17, 15) is 5.11 Å². The minimum Gasteiger partial charge on any atom is -0.506 e. The van der Waals surface area contributed by atoms with Crippen molar-refractivity contribution in [2.24, 2.45) is 0 Å². The highest BCUT2D eigenvalue weighted by Gasteiger charge is 2.11. The summed E-state index contributed by atoms with van der Waals surface area (Å²) in [4.78, 5) is 4.15. The van der Waals surface area contributed by atoms with Crippen molar-refractivity contribution in [2.75, 3.05) is 5.73 Å². The Labute approximate surface area is 102 Å². The average Bonchev–Trinajstić information content (AvgIpc) is 2.73. The SMILES string of the molecule is Nc1nc2c(O)ccc(-c3ccccc3)c2s1. The number of nitrogens with zero attached hydrogens (tertiary/aromatic N) is 1. The summed E-state index contributed by atoms with van der Waals surface area (Å²) in [6.45, 7) is 0. The van der Waals surface area contributed by atoms with Gasteiger partial charge in [-0.3, -0.25) is 0 Å². The second-order valence-electron chi connectivity index (χ2n) is 3.73. The molecule has 0 unspecified atom stereocenters. The van der Waals surface area contributed by atoms with Crippen LogP contribution in [-0.4, -0.2) is 10.1 Å². The molecule has 0 atom stereocenters. The number of nitrogens with two attached hydrogens (primary N) is 1. The molecular formula is C13H10N2OS. The maximum atomic E-state index is 9.74. The van der Waals surface area contributed by atoms with E-state index in [-0.39, 0.29) is 5.75 Å². The number of fused-ring (bicyclic) bond motifs is 1. The highest BCUT2D eigenvalue weighted by molar-refractivity contribution is 7.22. The lowest BCUT2D eigenvalue weighted by Crippen LogP contribution is -1.80. The molecule has 3 rings (SSSR count). The fourth-order valence-electron chi connectivity index (χ4n) is 1.85. The predicted octanol–water partition coefficient (Wildman–Crippen LogP) is 3.25. The number of phenols is 1. The van der Waals surface area contributed by atoms with Crippen LogP contribution in [0, 0.1) is 0 Å². The van der Waals surface area contributed by atoms with E-state index >= 15 is 0 Å². The van der Waals surface area contributed by atoms with Gasteiger partial charge < -0.3 is 10.8 Å². The minimum atomic E-state index is 0.174. The number of aromatic nitrogens is 1. The van der Waals surface area contributed by atoms with Gasteiger partial charge in [-0.2, -0.15) is 0 Å². The van der Waals surface area contributed by atoms with Crippen LogP contribution in [0.4, 0.5) is 5.13 Å². The van der Waals surface area contributed by atoms with E-state index in [0.29, 0.717) is 10.6 Å². The van der Waals surface area contributed by atoms with Crippen LogP contribution in [0.1, 0.15) is 0 Å². The number of hydrogen-bond donors (Lipinski definition) is 2. The summed E-state index contributed by atoms with van der Waals surface area (Å²) in [5.74, 6) is 0.174. The minimum absolute atomic E-state index is 0.174. The van der Waals surface area contributed by atoms with Gasteiger partial charge in [0.15, 0.2) is 5.13 Å². The van der Waals surface area contributed by atoms with E-state index in [1.54, 1.807) is 6.07 Å². The van der Waals surface area contributed by atoms with Gasteiger partial charge in [-0.1, -0.05) is 41.7 Å². The highest BCUT2D eigenvalue weighted by Crippen LogP contribution is 2.38. The summed E-state index contributed by atoms with van der Waals surface area (Å²) >= 11 is 1.39. The lowest BCUT2D eigenvalue weighted by atomic mass is 10.1. The first-order valence-corrected chi connectivity index (χ1v) is 6.01. The van der Waals surface area contributed by atoms with Crippen LogP contribution < -0.4 is 5.73 Å². The molecule has 0 saturated carbocycles. The van der Waals surface area contributed by atoms with Gasteiger partial charge in [0, 0.05) is 5.56 Å².